The molecule has 0 amide bonds. The van der Waals surface area contributed by atoms with E-state index in [0.29, 0.717) is 6.29 Å². The molecule has 1 aromatic carbocycles. The van der Waals surface area contributed by atoms with E-state index in [9.17, 15) is 19.2 Å². The molecule has 84 valence electrons. The molecule has 7 heteroatoms. The van der Waals surface area contributed by atoms with E-state index < -0.39 is 15.9 Å². The second-order valence-corrected chi connectivity index (χ2v) is 3.89. The molecule has 0 atom stereocenters. The van der Waals surface area contributed by atoms with Crippen molar-refractivity contribution in [1.29, 1.82) is 0 Å². The molecule has 0 bridgehead atoms. The van der Waals surface area contributed by atoms with Crippen molar-refractivity contribution in [3.63, 3.8) is 0 Å². The average molecular weight is 264 g/mol. The van der Waals surface area contributed by atoms with E-state index in [1.165, 1.54) is 0 Å². The molecule has 0 saturated heterocycles. The lowest BCUT2D eigenvalue weighted by molar-refractivity contribution is 0.105. The second kappa shape index (κ2) is 5.33. The molecule has 0 heterocycles. The highest BCUT2D eigenvalue weighted by atomic mass is 32.1. The fraction of sp³-hybridized carbons (Fsp3) is 0. The summed E-state index contributed by atoms with van der Waals surface area (Å²) in [5.74, 6) is 0. The quantitative estimate of drug-likeness (QED) is 0.482. The van der Waals surface area contributed by atoms with Crippen molar-refractivity contribution in [2.75, 3.05) is 0 Å². The van der Waals surface area contributed by atoms with Gasteiger partial charge in [0.05, 0.1) is 0 Å². The third-order valence-corrected chi connectivity index (χ3v) is 2.52. The van der Waals surface area contributed by atoms with Crippen LogP contribution in [0.5, 0.6) is 0 Å². The maximum Gasteiger partial charge on any atom is 0.217 e. The third kappa shape index (κ3) is 2.86. The van der Waals surface area contributed by atoms with Crippen LogP contribution in [0.25, 0.3) is 0 Å². The Bertz CT molecular complexity index is 539. The van der Waals surface area contributed by atoms with Crippen LogP contribution in [0, 0.1) is 0 Å². The van der Waals surface area contributed by atoms with Crippen LogP contribution in [0.1, 0.15) is 41.4 Å². The average Bonchev–Trinajstić information content (AvgIpc) is 2.26. The monoisotopic (exact) mass is 264 g/mol. The Morgan fingerprint density at radius 3 is 1.88 bits per heavy atom. The zero-order valence-electron chi connectivity index (χ0n) is 8.34. The molecule has 0 saturated carbocycles. The molecule has 0 fully saturated rings. The van der Waals surface area contributed by atoms with Crippen molar-refractivity contribution in [3.8, 4) is 0 Å². The van der Waals surface area contributed by atoms with Gasteiger partial charge in [0.1, 0.15) is 5.68 Å². The maximum atomic E-state index is 11.2. The summed E-state index contributed by atoms with van der Waals surface area (Å²) in [6.07, 6.45) is 0.383. The summed E-state index contributed by atoms with van der Waals surface area (Å²) in [5, 5.41) is -1.42. The topological polar surface area (TPSA) is 68.3 Å². The first-order chi connectivity index (χ1) is 7.88. The van der Waals surface area contributed by atoms with Crippen molar-refractivity contribution in [2.24, 2.45) is 0 Å². The van der Waals surface area contributed by atoms with Gasteiger partial charge in [0, 0.05) is 22.3 Å². The first kappa shape index (κ1) is 13.7. The lowest BCUT2D eigenvalue weighted by Crippen LogP contribution is -2.10. The number of rotatable bonds is 4. The second-order valence-electron chi connectivity index (χ2n) is 3.08. The van der Waals surface area contributed by atoms with Gasteiger partial charge in [-0.2, -0.15) is 0 Å². The van der Waals surface area contributed by atoms with Gasteiger partial charge in [-0.05, 0) is 12.1 Å². The summed E-state index contributed by atoms with van der Waals surface area (Å²) in [7, 11) is 5.06. The Morgan fingerprint density at radius 2 is 1.53 bits per heavy atom. The van der Waals surface area contributed by atoms with Crippen LogP contribution in [-0.4, -0.2) is 30.0 Å². The van der Waals surface area contributed by atoms with Crippen LogP contribution in [0.15, 0.2) is 12.1 Å². The largest absolute Gasteiger partial charge is 0.307 e. The minimum absolute atomic E-state index is 0.0487. The first-order valence-corrected chi connectivity index (χ1v) is 5.17. The molecule has 0 aliphatic heterocycles. The molecule has 1 aromatic rings. The van der Waals surface area contributed by atoms with Gasteiger partial charge in [0.25, 0.3) is 0 Å². The molecule has 0 spiro atoms. The molecule has 0 N–H and O–H groups in total. The van der Waals surface area contributed by atoms with Gasteiger partial charge in [0.2, 0.25) is 10.2 Å². The Hall–Kier alpha value is -1.34. The van der Waals surface area contributed by atoms with E-state index in [0.717, 1.165) is 12.1 Å². The number of benzene rings is 1. The van der Waals surface area contributed by atoms with Crippen LogP contribution in [0.2, 0.25) is 0 Å². The first-order valence-electron chi connectivity index (χ1n) is 4.28. The number of carbonyl (C=O) groups excluding carboxylic acids is 4. The van der Waals surface area contributed by atoms with Crippen molar-refractivity contribution in [1.82, 2.24) is 0 Å². The van der Waals surface area contributed by atoms with Crippen LogP contribution in [-0.2, 0) is 0 Å². The standard InChI is InChI=1S/C10H5BO4S2/c11-8(13)6-2-5(9(14)16)4(3-12)1-7(6)10(15)17/h1-3H,(H,14,16)(H,15,17). The molecule has 0 aliphatic rings. The van der Waals surface area contributed by atoms with Crippen LogP contribution in [0.3, 0.4) is 0 Å². The summed E-state index contributed by atoms with van der Waals surface area (Å²) >= 11 is 7.12. The van der Waals surface area contributed by atoms with Crippen molar-refractivity contribution in [2.45, 2.75) is 0 Å². The number of thiol groups is 2. The van der Waals surface area contributed by atoms with Crippen molar-refractivity contribution in [3.05, 3.63) is 34.4 Å². The third-order valence-electron chi connectivity index (χ3n) is 2.04. The Kier molecular flexibility index (Phi) is 4.30. The van der Waals surface area contributed by atoms with Gasteiger partial charge >= 0.3 is 0 Å². The predicted octanol–water partition coefficient (Wildman–Crippen LogP) is 0.948. The molecule has 0 aromatic heterocycles. The maximum absolute atomic E-state index is 11.2. The van der Waals surface area contributed by atoms with Crippen LogP contribution < -0.4 is 0 Å². The number of hydrogen-bond acceptors (Lipinski definition) is 4. The van der Waals surface area contributed by atoms with E-state index in [-0.39, 0.29) is 22.3 Å². The van der Waals surface area contributed by atoms with Gasteiger partial charge in [-0.15, -0.1) is 25.3 Å². The van der Waals surface area contributed by atoms with E-state index in [1.54, 1.807) is 0 Å². The highest BCUT2D eigenvalue weighted by Gasteiger charge is 2.17. The van der Waals surface area contributed by atoms with Gasteiger partial charge in [0.15, 0.2) is 14.1 Å². The Morgan fingerprint density at radius 1 is 1.00 bits per heavy atom. The molecule has 0 aliphatic carbocycles. The summed E-state index contributed by atoms with van der Waals surface area (Å²) in [5.41, 5.74) is -1.33. The van der Waals surface area contributed by atoms with E-state index in [1.807, 2.05) is 0 Å². The molecular weight excluding hydrogens is 259 g/mol. The molecule has 1 rings (SSSR count). The highest BCUT2D eigenvalue weighted by Crippen LogP contribution is 2.19. The van der Waals surface area contributed by atoms with Crippen molar-refractivity contribution < 1.29 is 19.2 Å². The number of hydrogen-bond donors (Lipinski definition) is 2. The summed E-state index contributed by atoms with van der Waals surface area (Å²) in [6, 6.07) is 2.15. The Labute approximate surface area is 109 Å². The van der Waals surface area contributed by atoms with Gasteiger partial charge in [-0.1, -0.05) is 0 Å². The summed E-state index contributed by atoms with van der Waals surface area (Å²) in [6.45, 7) is 0. The van der Waals surface area contributed by atoms with E-state index >= 15 is 0 Å². The molecular formula is C10H5BO4S2. The lowest BCUT2D eigenvalue weighted by atomic mass is 9.88. The molecule has 0 unspecified atom stereocenters. The van der Waals surface area contributed by atoms with Crippen molar-refractivity contribution >= 4 is 55.3 Å². The van der Waals surface area contributed by atoms with Gasteiger partial charge in [-0.25, -0.2) is 0 Å². The Balaban J connectivity index is 3.65. The normalized spacial score (nSPS) is 9.76. The van der Waals surface area contributed by atoms with Gasteiger partial charge < -0.3 is 4.79 Å². The fourth-order valence-electron chi connectivity index (χ4n) is 1.28. The van der Waals surface area contributed by atoms with Gasteiger partial charge in [-0.3, -0.25) is 14.4 Å². The molecule has 4 nitrogen and oxygen atoms in total. The summed E-state index contributed by atoms with van der Waals surface area (Å²) in [4.78, 5) is 44.1. The number of carbonyl (C=O) groups is 4. The molecule has 2 radical (unpaired) electrons. The highest BCUT2D eigenvalue weighted by molar-refractivity contribution is 7.97. The minimum Gasteiger partial charge on any atom is -0.307 e. The fourth-order valence-corrected chi connectivity index (χ4v) is 1.66. The zero-order valence-corrected chi connectivity index (χ0v) is 10.1. The molecule has 17 heavy (non-hydrogen) atoms. The SMILES string of the molecule is [B]C(=O)c1cc(C(=O)S)c(C=O)cc1C(=O)S. The smallest absolute Gasteiger partial charge is 0.217 e. The van der Waals surface area contributed by atoms with E-state index in [4.69, 9.17) is 7.85 Å². The lowest BCUT2D eigenvalue weighted by Gasteiger charge is -2.07. The summed E-state index contributed by atoms with van der Waals surface area (Å²) < 4.78 is 0. The zero-order chi connectivity index (χ0) is 13.2. The minimum atomic E-state index is -0.893. The van der Waals surface area contributed by atoms with Crippen LogP contribution in [0.4, 0.5) is 0 Å². The van der Waals surface area contributed by atoms with E-state index in [2.05, 4.69) is 25.3 Å². The predicted molar refractivity (Wildman–Crippen MR) is 68.5 cm³/mol. The van der Waals surface area contributed by atoms with Crippen LogP contribution >= 0.6 is 25.3 Å². The number of aldehydes is 1.